The van der Waals surface area contributed by atoms with Crippen molar-refractivity contribution in [1.82, 2.24) is 19.8 Å². The number of hydrogen-bond donors (Lipinski definition) is 0. The molecular formula is C22H28N4O3. The summed E-state index contributed by atoms with van der Waals surface area (Å²) in [7, 11) is 0. The lowest BCUT2D eigenvalue weighted by Gasteiger charge is -2.22. The Morgan fingerprint density at radius 3 is 2.48 bits per heavy atom. The van der Waals surface area contributed by atoms with Gasteiger partial charge < -0.3 is 14.5 Å². The number of hydrogen-bond acceptors (Lipinski definition) is 5. The third-order valence-corrected chi connectivity index (χ3v) is 5.11. The van der Waals surface area contributed by atoms with Gasteiger partial charge in [-0.1, -0.05) is 18.2 Å². The van der Waals surface area contributed by atoms with Crippen LogP contribution >= 0.6 is 0 Å². The summed E-state index contributed by atoms with van der Waals surface area (Å²) >= 11 is 0. The minimum atomic E-state index is -0.130. The molecule has 1 aromatic carbocycles. The van der Waals surface area contributed by atoms with Crippen molar-refractivity contribution < 1.29 is 14.3 Å². The molecule has 7 nitrogen and oxygen atoms in total. The summed E-state index contributed by atoms with van der Waals surface area (Å²) in [4.78, 5) is 36.8. The first kappa shape index (κ1) is 20.8. The van der Waals surface area contributed by atoms with Crippen LogP contribution in [0, 0.1) is 13.8 Å². The fourth-order valence-corrected chi connectivity index (χ4v) is 3.52. The molecule has 1 aliphatic heterocycles. The number of para-hydroxylation sites is 1. The molecular weight excluding hydrogens is 368 g/mol. The summed E-state index contributed by atoms with van der Waals surface area (Å²) in [5.41, 5.74) is 2.56. The minimum Gasteiger partial charge on any atom is -0.493 e. The van der Waals surface area contributed by atoms with E-state index in [-0.39, 0.29) is 11.8 Å². The van der Waals surface area contributed by atoms with Gasteiger partial charge in [-0.05, 0) is 37.8 Å². The number of aryl methyl sites for hydroxylation is 2. The lowest BCUT2D eigenvalue weighted by Crippen LogP contribution is -2.37. The highest BCUT2D eigenvalue weighted by molar-refractivity contribution is 5.92. The van der Waals surface area contributed by atoms with Crippen LogP contribution in [0.25, 0.3) is 0 Å². The number of carbonyl (C=O) groups excluding carboxylic acids is 2. The molecule has 0 unspecified atom stereocenters. The van der Waals surface area contributed by atoms with E-state index in [4.69, 9.17) is 4.74 Å². The molecule has 1 aliphatic rings. The molecule has 1 fully saturated rings. The fourth-order valence-electron chi connectivity index (χ4n) is 3.52. The Balaban J connectivity index is 1.44. The normalized spacial score (nSPS) is 14.4. The van der Waals surface area contributed by atoms with Crippen LogP contribution in [0.2, 0.25) is 0 Å². The van der Waals surface area contributed by atoms with E-state index >= 15 is 0 Å². The van der Waals surface area contributed by atoms with Gasteiger partial charge >= 0.3 is 0 Å². The van der Waals surface area contributed by atoms with E-state index in [1.807, 2.05) is 36.9 Å². The largest absolute Gasteiger partial charge is 0.493 e. The van der Waals surface area contributed by atoms with Crippen molar-refractivity contribution in [3.8, 4) is 5.75 Å². The molecule has 0 aliphatic carbocycles. The van der Waals surface area contributed by atoms with Crippen molar-refractivity contribution in [2.24, 2.45) is 0 Å². The van der Waals surface area contributed by atoms with Gasteiger partial charge in [0.25, 0.3) is 5.91 Å². The van der Waals surface area contributed by atoms with Crippen molar-refractivity contribution in [2.45, 2.75) is 33.1 Å². The number of amides is 2. The van der Waals surface area contributed by atoms with Crippen LogP contribution in [0.5, 0.6) is 5.75 Å². The van der Waals surface area contributed by atoms with Crippen molar-refractivity contribution in [3.63, 3.8) is 0 Å². The molecule has 2 heterocycles. The third-order valence-electron chi connectivity index (χ3n) is 5.11. The summed E-state index contributed by atoms with van der Waals surface area (Å²) in [6.07, 6.45) is 6.42. The molecule has 154 valence electrons. The summed E-state index contributed by atoms with van der Waals surface area (Å²) in [6, 6.07) is 6.07. The van der Waals surface area contributed by atoms with Crippen LogP contribution in [-0.2, 0) is 4.79 Å². The quantitative estimate of drug-likeness (QED) is 0.702. The molecule has 0 spiro atoms. The zero-order chi connectivity index (χ0) is 20.6. The van der Waals surface area contributed by atoms with Crippen molar-refractivity contribution >= 4 is 11.8 Å². The average molecular weight is 396 g/mol. The third kappa shape index (κ3) is 5.53. The van der Waals surface area contributed by atoms with E-state index in [9.17, 15) is 9.59 Å². The second kappa shape index (κ2) is 10.0. The van der Waals surface area contributed by atoms with E-state index in [1.165, 1.54) is 12.4 Å². The lowest BCUT2D eigenvalue weighted by molar-refractivity contribution is -0.131. The van der Waals surface area contributed by atoms with E-state index < -0.39 is 0 Å². The van der Waals surface area contributed by atoms with Crippen molar-refractivity contribution in [3.05, 3.63) is 53.6 Å². The predicted molar refractivity (Wildman–Crippen MR) is 110 cm³/mol. The van der Waals surface area contributed by atoms with Gasteiger partial charge in [0.05, 0.1) is 12.8 Å². The van der Waals surface area contributed by atoms with E-state index in [2.05, 4.69) is 9.97 Å². The highest BCUT2D eigenvalue weighted by Gasteiger charge is 2.23. The van der Waals surface area contributed by atoms with Crippen molar-refractivity contribution in [1.29, 1.82) is 0 Å². The topological polar surface area (TPSA) is 75.6 Å². The van der Waals surface area contributed by atoms with Gasteiger partial charge in [0.1, 0.15) is 11.4 Å². The molecule has 2 amide bonds. The molecule has 3 rings (SSSR count). The summed E-state index contributed by atoms with van der Waals surface area (Å²) in [6.45, 7) is 6.92. The highest BCUT2D eigenvalue weighted by atomic mass is 16.5. The molecule has 0 radical (unpaired) electrons. The lowest BCUT2D eigenvalue weighted by atomic mass is 10.1. The molecule has 0 saturated carbocycles. The second-order valence-corrected chi connectivity index (χ2v) is 7.29. The van der Waals surface area contributed by atoms with E-state index in [1.54, 1.807) is 11.1 Å². The Bertz CT molecular complexity index is 821. The molecule has 1 aromatic heterocycles. The number of benzene rings is 1. The van der Waals surface area contributed by atoms with Crippen LogP contribution in [0.15, 0.2) is 36.8 Å². The van der Waals surface area contributed by atoms with Gasteiger partial charge in [-0.15, -0.1) is 0 Å². The second-order valence-electron chi connectivity index (χ2n) is 7.29. The van der Waals surface area contributed by atoms with Crippen LogP contribution < -0.4 is 4.74 Å². The van der Waals surface area contributed by atoms with Crippen LogP contribution in [-0.4, -0.2) is 64.4 Å². The molecule has 0 N–H and O–H groups in total. The minimum absolute atomic E-state index is 0.115. The maximum atomic E-state index is 12.6. The van der Waals surface area contributed by atoms with Crippen LogP contribution in [0.4, 0.5) is 0 Å². The number of rotatable bonds is 6. The monoisotopic (exact) mass is 396 g/mol. The summed E-state index contributed by atoms with van der Waals surface area (Å²) < 4.78 is 5.89. The maximum absolute atomic E-state index is 12.6. The summed E-state index contributed by atoms with van der Waals surface area (Å²) in [5, 5.41) is 0. The zero-order valence-electron chi connectivity index (χ0n) is 17.1. The van der Waals surface area contributed by atoms with Gasteiger partial charge in [-0.2, -0.15) is 0 Å². The van der Waals surface area contributed by atoms with Gasteiger partial charge in [-0.25, -0.2) is 4.98 Å². The predicted octanol–water partition coefficient (Wildman–Crippen LogP) is 2.63. The Labute approximate surface area is 171 Å². The highest BCUT2D eigenvalue weighted by Crippen LogP contribution is 2.22. The maximum Gasteiger partial charge on any atom is 0.274 e. The first-order valence-corrected chi connectivity index (χ1v) is 10.1. The first-order valence-electron chi connectivity index (χ1n) is 10.1. The number of carbonyl (C=O) groups is 2. The molecule has 0 bridgehead atoms. The fraction of sp³-hybridized carbons (Fsp3) is 0.455. The number of ether oxygens (including phenoxy) is 1. The smallest absolute Gasteiger partial charge is 0.274 e. The van der Waals surface area contributed by atoms with Crippen LogP contribution in [0.3, 0.4) is 0 Å². The Morgan fingerprint density at radius 1 is 1.03 bits per heavy atom. The molecule has 2 aromatic rings. The van der Waals surface area contributed by atoms with Gasteiger partial charge in [0.2, 0.25) is 5.91 Å². The zero-order valence-corrected chi connectivity index (χ0v) is 17.1. The van der Waals surface area contributed by atoms with Gasteiger partial charge in [0.15, 0.2) is 0 Å². The van der Waals surface area contributed by atoms with E-state index in [0.29, 0.717) is 51.3 Å². The Kier molecular flexibility index (Phi) is 7.16. The van der Waals surface area contributed by atoms with Crippen molar-refractivity contribution in [2.75, 3.05) is 32.8 Å². The molecule has 29 heavy (non-hydrogen) atoms. The van der Waals surface area contributed by atoms with Crippen LogP contribution in [0.1, 0.15) is 40.9 Å². The Hall–Kier alpha value is -2.96. The van der Waals surface area contributed by atoms with Gasteiger partial charge in [-0.3, -0.25) is 14.6 Å². The number of nitrogens with zero attached hydrogens (tertiary/aromatic N) is 4. The first-order chi connectivity index (χ1) is 14.1. The Morgan fingerprint density at radius 2 is 1.76 bits per heavy atom. The summed E-state index contributed by atoms with van der Waals surface area (Å²) in [5.74, 6) is 0.895. The molecule has 0 atom stereocenters. The molecule has 1 saturated heterocycles. The van der Waals surface area contributed by atoms with E-state index in [0.717, 1.165) is 23.3 Å². The standard InChI is InChI=1S/C22H28N4O3/c1-17-6-3-7-18(2)21(17)29-15-4-8-20(27)25-11-5-12-26(14-13-25)22(28)19-16-23-9-10-24-19/h3,6-7,9-10,16H,4-5,8,11-15H2,1-2H3. The van der Waals surface area contributed by atoms with Gasteiger partial charge in [0, 0.05) is 45.0 Å². The number of aromatic nitrogens is 2. The molecule has 7 heteroatoms. The SMILES string of the molecule is Cc1cccc(C)c1OCCCC(=O)N1CCCN(C(=O)c2cnccn2)CC1. The average Bonchev–Trinajstić information content (AvgIpc) is 2.99.